The molecule has 0 fully saturated rings. The summed E-state index contributed by atoms with van der Waals surface area (Å²) >= 11 is 0. The van der Waals surface area contributed by atoms with Crippen LogP contribution >= 0.6 is 0 Å². The van der Waals surface area contributed by atoms with Gasteiger partial charge < -0.3 is 10.1 Å². The maximum atomic E-state index is 12.0. The van der Waals surface area contributed by atoms with Crippen LogP contribution in [0.1, 0.15) is 31.1 Å². The lowest BCUT2D eigenvalue weighted by Gasteiger charge is -2.29. The number of nitrogens with one attached hydrogen (secondary N) is 1. The standard InChI is InChI=1S/C14H19NO3/c1-14(2,3)11(13(17)18-4)15-12(16)10-8-6-5-7-9-10/h5-9,11H,1-4H3,(H,15,16). The van der Waals surface area contributed by atoms with Gasteiger partial charge in [0.05, 0.1) is 7.11 Å². The van der Waals surface area contributed by atoms with Gasteiger partial charge in [-0.05, 0) is 17.5 Å². The van der Waals surface area contributed by atoms with E-state index in [9.17, 15) is 9.59 Å². The van der Waals surface area contributed by atoms with Gasteiger partial charge in [-0.1, -0.05) is 39.0 Å². The van der Waals surface area contributed by atoms with E-state index in [-0.39, 0.29) is 5.91 Å². The summed E-state index contributed by atoms with van der Waals surface area (Å²) in [5.74, 6) is -0.715. The van der Waals surface area contributed by atoms with Crippen molar-refractivity contribution in [3.05, 3.63) is 35.9 Å². The third kappa shape index (κ3) is 3.58. The van der Waals surface area contributed by atoms with Crippen LogP contribution in [0.25, 0.3) is 0 Å². The Hall–Kier alpha value is -1.84. The van der Waals surface area contributed by atoms with Gasteiger partial charge in [-0.25, -0.2) is 4.79 Å². The van der Waals surface area contributed by atoms with E-state index in [0.717, 1.165) is 0 Å². The van der Waals surface area contributed by atoms with E-state index in [2.05, 4.69) is 5.32 Å². The Morgan fingerprint density at radius 3 is 2.17 bits per heavy atom. The average Bonchev–Trinajstić information content (AvgIpc) is 2.34. The van der Waals surface area contributed by atoms with E-state index in [0.29, 0.717) is 5.56 Å². The topological polar surface area (TPSA) is 55.4 Å². The second kappa shape index (κ2) is 5.67. The number of esters is 1. The molecule has 0 radical (unpaired) electrons. The predicted molar refractivity (Wildman–Crippen MR) is 69.2 cm³/mol. The number of benzene rings is 1. The summed E-state index contributed by atoms with van der Waals surface area (Å²) in [6.45, 7) is 5.62. The number of methoxy groups -OCH3 is 1. The van der Waals surface area contributed by atoms with Crippen molar-refractivity contribution < 1.29 is 14.3 Å². The number of ether oxygens (including phenoxy) is 1. The van der Waals surface area contributed by atoms with Gasteiger partial charge >= 0.3 is 5.97 Å². The van der Waals surface area contributed by atoms with Crippen LogP contribution in [0.4, 0.5) is 0 Å². The molecular formula is C14H19NO3. The molecule has 1 atom stereocenters. The highest BCUT2D eigenvalue weighted by Crippen LogP contribution is 2.20. The molecule has 0 saturated carbocycles. The van der Waals surface area contributed by atoms with Gasteiger partial charge in [0.25, 0.3) is 5.91 Å². The van der Waals surface area contributed by atoms with Crippen LogP contribution in [0.15, 0.2) is 30.3 Å². The zero-order valence-electron chi connectivity index (χ0n) is 11.2. The number of rotatable bonds is 3. The first-order chi connectivity index (χ1) is 8.36. The summed E-state index contributed by atoms with van der Waals surface area (Å²) in [6.07, 6.45) is 0. The molecule has 0 spiro atoms. The minimum atomic E-state index is -0.671. The Morgan fingerprint density at radius 1 is 1.17 bits per heavy atom. The van der Waals surface area contributed by atoms with E-state index in [1.54, 1.807) is 24.3 Å². The summed E-state index contributed by atoms with van der Waals surface area (Å²) in [5, 5.41) is 2.71. The van der Waals surface area contributed by atoms with E-state index < -0.39 is 17.4 Å². The minimum absolute atomic E-state index is 0.277. The van der Waals surface area contributed by atoms with Crippen LogP contribution in [-0.2, 0) is 9.53 Å². The monoisotopic (exact) mass is 249 g/mol. The van der Waals surface area contributed by atoms with E-state index in [1.165, 1.54) is 7.11 Å². The summed E-state index contributed by atoms with van der Waals surface area (Å²) in [7, 11) is 1.32. The highest BCUT2D eigenvalue weighted by Gasteiger charge is 2.33. The molecule has 1 rings (SSSR count). The quantitative estimate of drug-likeness (QED) is 0.834. The number of amides is 1. The summed E-state index contributed by atoms with van der Waals surface area (Å²) in [5.41, 5.74) is 0.119. The molecule has 1 amide bonds. The maximum Gasteiger partial charge on any atom is 0.328 e. The Labute approximate surface area is 107 Å². The first kappa shape index (κ1) is 14.2. The first-order valence-electron chi connectivity index (χ1n) is 5.80. The lowest BCUT2D eigenvalue weighted by Crippen LogP contribution is -2.49. The lowest BCUT2D eigenvalue weighted by molar-refractivity contribution is -0.145. The fraction of sp³-hybridized carbons (Fsp3) is 0.429. The summed E-state index contributed by atoms with van der Waals surface area (Å²) in [6, 6.07) is 8.12. The molecule has 0 aliphatic heterocycles. The molecule has 4 nitrogen and oxygen atoms in total. The lowest BCUT2D eigenvalue weighted by atomic mass is 9.86. The molecule has 0 bridgehead atoms. The third-order valence-corrected chi connectivity index (χ3v) is 2.61. The highest BCUT2D eigenvalue weighted by molar-refractivity contribution is 5.96. The van der Waals surface area contributed by atoms with Crippen molar-refractivity contribution in [3.63, 3.8) is 0 Å². The molecule has 4 heteroatoms. The van der Waals surface area contributed by atoms with Crippen LogP contribution in [0, 0.1) is 5.41 Å². The molecule has 1 aromatic carbocycles. The van der Waals surface area contributed by atoms with E-state index in [1.807, 2.05) is 26.8 Å². The summed E-state index contributed by atoms with van der Waals surface area (Å²) < 4.78 is 4.72. The summed E-state index contributed by atoms with van der Waals surface area (Å²) in [4.78, 5) is 23.7. The fourth-order valence-corrected chi connectivity index (χ4v) is 1.55. The number of carbonyl (C=O) groups excluding carboxylic acids is 2. The third-order valence-electron chi connectivity index (χ3n) is 2.61. The highest BCUT2D eigenvalue weighted by atomic mass is 16.5. The van der Waals surface area contributed by atoms with Crippen molar-refractivity contribution in [3.8, 4) is 0 Å². The molecule has 0 aromatic heterocycles. The van der Waals surface area contributed by atoms with Crippen LogP contribution < -0.4 is 5.32 Å². The number of carbonyl (C=O) groups is 2. The smallest absolute Gasteiger partial charge is 0.328 e. The Kier molecular flexibility index (Phi) is 4.48. The molecule has 0 saturated heterocycles. The van der Waals surface area contributed by atoms with Crippen LogP contribution in [0.2, 0.25) is 0 Å². The van der Waals surface area contributed by atoms with Gasteiger partial charge in [-0.2, -0.15) is 0 Å². The second-order valence-electron chi connectivity index (χ2n) is 5.16. The molecule has 1 unspecified atom stereocenters. The van der Waals surface area contributed by atoms with Gasteiger partial charge in [0.1, 0.15) is 6.04 Å². The molecule has 0 aliphatic rings. The van der Waals surface area contributed by atoms with Gasteiger partial charge in [0.2, 0.25) is 0 Å². The van der Waals surface area contributed by atoms with Crippen molar-refractivity contribution >= 4 is 11.9 Å². The Bertz CT molecular complexity index is 420. The molecule has 0 heterocycles. The van der Waals surface area contributed by atoms with Gasteiger partial charge in [0.15, 0.2) is 0 Å². The molecule has 18 heavy (non-hydrogen) atoms. The molecule has 1 N–H and O–H groups in total. The van der Waals surface area contributed by atoms with Crippen LogP contribution in [-0.4, -0.2) is 25.0 Å². The van der Waals surface area contributed by atoms with Crippen LogP contribution in [0.5, 0.6) is 0 Å². The van der Waals surface area contributed by atoms with Crippen molar-refractivity contribution in [2.45, 2.75) is 26.8 Å². The van der Waals surface area contributed by atoms with Gasteiger partial charge in [0, 0.05) is 5.56 Å². The van der Waals surface area contributed by atoms with Crippen molar-refractivity contribution in [1.29, 1.82) is 0 Å². The maximum absolute atomic E-state index is 12.0. The normalized spacial score (nSPS) is 12.7. The van der Waals surface area contributed by atoms with Gasteiger partial charge in [-0.3, -0.25) is 4.79 Å². The van der Waals surface area contributed by atoms with Crippen molar-refractivity contribution in [1.82, 2.24) is 5.32 Å². The first-order valence-corrected chi connectivity index (χ1v) is 5.80. The zero-order valence-corrected chi connectivity index (χ0v) is 11.2. The van der Waals surface area contributed by atoms with Crippen molar-refractivity contribution in [2.75, 3.05) is 7.11 Å². The predicted octanol–water partition coefficient (Wildman–Crippen LogP) is 2.00. The van der Waals surface area contributed by atoms with Crippen molar-refractivity contribution in [2.24, 2.45) is 5.41 Å². The molecule has 1 aromatic rings. The fourth-order valence-electron chi connectivity index (χ4n) is 1.55. The molecule has 98 valence electrons. The molecule has 0 aliphatic carbocycles. The minimum Gasteiger partial charge on any atom is -0.467 e. The van der Waals surface area contributed by atoms with Crippen LogP contribution in [0.3, 0.4) is 0 Å². The number of hydrogen-bond acceptors (Lipinski definition) is 3. The zero-order chi connectivity index (χ0) is 13.8. The van der Waals surface area contributed by atoms with E-state index in [4.69, 9.17) is 4.74 Å². The number of hydrogen-bond donors (Lipinski definition) is 1. The Morgan fingerprint density at radius 2 is 1.72 bits per heavy atom. The average molecular weight is 249 g/mol. The molecular weight excluding hydrogens is 230 g/mol. The second-order valence-corrected chi connectivity index (χ2v) is 5.16. The largest absolute Gasteiger partial charge is 0.467 e. The Balaban J connectivity index is 2.86. The van der Waals surface area contributed by atoms with Gasteiger partial charge in [-0.15, -0.1) is 0 Å². The SMILES string of the molecule is COC(=O)C(NC(=O)c1ccccc1)C(C)(C)C. The van der Waals surface area contributed by atoms with E-state index >= 15 is 0 Å².